The lowest BCUT2D eigenvalue weighted by Crippen LogP contribution is -1.91. The Bertz CT molecular complexity index is 187. The van der Waals surface area contributed by atoms with Gasteiger partial charge in [0.25, 0.3) is 0 Å². The zero-order valence-electron chi connectivity index (χ0n) is 8.97. The van der Waals surface area contributed by atoms with Crippen LogP contribution in [-0.4, -0.2) is 6.61 Å². The van der Waals surface area contributed by atoms with Gasteiger partial charge in [-0.2, -0.15) is 0 Å². The van der Waals surface area contributed by atoms with E-state index in [9.17, 15) is 0 Å². The number of hydrogen-bond donors (Lipinski definition) is 0. The fraction of sp³-hybridized carbons (Fsp3) is 0.333. The molecule has 0 heterocycles. The molecule has 0 atom stereocenters. The van der Waals surface area contributed by atoms with Gasteiger partial charge >= 0.3 is 0 Å². The Balaban J connectivity index is 0. The molecule has 1 heteroatoms. The molecule has 0 unspecified atom stereocenters. The van der Waals surface area contributed by atoms with Crippen molar-refractivity contribution in [3.05, 3.63) is 49.3 Å². The second kappa shape index (κ2) is 10.8. The first-order valence-electron chi connectivity index (χ1n) is 4.44. The Morgan fingerprint density at radius 3 is 2.23 bits per heavy atom. The summed E-state index contributed by atoms with van der Waals surface area (Å²) in [5.41, 5.74) is 0.988. The van der Waals surface area contributed by atoms with E-state index < -0.39 is 0 Å². The average molecular weight is 180 g/mol. The van der Waals surface area contributed by atoms with Crippen molar-refractivity contribution < 1.29 is 4.74 Å². The van der Waals surface area contributed by atoms with E-state index in [0.29, 0.717) is 12.4 Å². The molecule has 0 bridgehead atoms. The van der Waals surface area contributed by atoms with Crippen molar-refractivity contribution in [1.29, 1.82) is 0 Å². The Hall–Kier alpha value is -1.24. The lowest BCUT2D eigenvalue weighted by Gasteiger charge is -2.05. The van der Waals surface area contributed by atoms with E-state index in [-0.39, 0.29) is 0 Å². The third-order valence-corrected chi connectivity index (χ3v) is 1.18. The van der Waals surface area contributed by atoms with Crippen LogP contribution in [0.2, 0.25) is 0 Å². The molecular weight excluding hydrogens is 160 g/mol. The molecule has 1 nitrogen and oxygen atoms in total. The summed E-state index contributed by atoms with van der Waals surface area (Å²) in [6.45, 7) is 17.3. The molecule has 13 heavy (non-hydrogen) atoms. The Labute approximate surface area is 82.1 Å². The van der Waals surface area contributed by atoms with Gasteiger partial charge in [-0.25, -0.2) is 0 Å². The molecule has 0 fully saturated rings. The van der Waals surface area contributed by atoms with Crippen molar-refractivity contribution in [2.24, 2.45) is 0 Å². The predicted molar refractivity (Wildman–Crippen MR) is 60.6 cm³/mol. The predicted octanol–water partition coefficient (Wildman–Crippen LogP) is 3.86. The Kier molecular flexibility index (Phi) is 11.8. The largest absolute Gasteiger partial charge is 0.490 e. The van der Waals surface area contributed by atoms with Crippen LogP contribution >= 0.6 is 0 Å². The van der Waals surface area contributed by atoms with Crippen molar-refractivity contribution in [3.63, 3.8) is 0 Å². The molecule has 0 N–H and O–H groups in total. The first-order chi connectivity index (χ1) is 6.22. The van der Waals surface area contributed by atoms with E-state index in [4.69, 9.17) is 4.74 Å². The first kappa shape index (κ1) is 14.3. The van der Waals surface area contributed by atoms with Crippen LogP contribution in [0, 0.1) is 0 Å². The number of ether oxygens (including phenoxy) is 1. The third kappa shape index (κ3) is 8.67. The molecule has 0 saturated carbocycles. The summed E-state index contributed by atoms with van der Waals surface area (Å²) in [5.74, 6) is 0.671. The molecule has 0 radical (unpaired) electrons. The van der Waals surface area contributed by atoms with Crippen molar-refractivity contribution in [2.75, 3.05) is 6.61 Å². The maximum absolute atomic E-state index is 5.18. The summed E-state index contributed by atoms with van der Waals surface area (Å²) in [6.07, 6.45) is 5.25. The summed E-state index contributed by atoms with van der Waals surface area (Å²) in [5, 5.41) is 0. The minimum Gasteiger partial charge on any atom is -0.490 e. The van der Waals surface area contributed by atoms with E-state index in [1.165, 1.54) is 0 Å². The summed E-state index contributed by atoms with van der Waals surface area (Å²) in [4.78, 5) is 0. The highest BCUT2D eigenvalue weighted by Gasteiger charge is 1.93. The van der Waals surface area contributed by atoms with Crippen LogP contribution in [0.25, 0.3) is 0 Å². The highest BCUT2D eigenvalue weighted by Crippen LogP contribution is 2.07. The van der Waals surface area contributed by atoms with Gasteiger partial charge in [-0.1, -0.05) is 51.8 Å². The van der Waals surface area contributed by atoms with E-state index in [0.717, 1.165) is 5.57 Å². The summed E-state index contributed by atoms with van der Waals surface area (Å²) >= 11 is 0. The van der Waals surface area contributed by atoms with Gasteiger partial charge < -0.3 is 4.74 Å². The normalized spacial score (nSPS) is 9.31. The lowest BCUT2D eigenvalue weighted by molar-refractivity contribution is 0.258. The fourth-order valence-corrected chi connectivity index (χ4v) is 0.543. The van der Waals surface area contributed by atoms with Crippen LogP contribution in [-0.2, 0) is 4.74 Å². The zero-order chi connectivity index (χ0) is 10.7. The third-order valence-electron chi connectivity index (χ3n) is 1.18. The first-order valence-corrected chi connectivity index (χ1v) is 4.44. The van der Waals surface area contributed by atoms with Gasteiger partial charge in [-0.05, 0) is 12.5 Å². The maximum Gasteiger partial charge on any atom is 0.115 e. The standard InChI is InChI=1S/C10H14O.C2H6/c1-5-7-9(3)10(4)11-8-6-2;1-2/h5-7H,1-2,4,8H2,3H3;1-2H3/b9-7-;. The SMILES string of the molecule is C=C/C=C(/C)C(=C)OCC=C.CC. The van der Waals surface area contributed by atoms with Gasteiger partial charge in [0.1, 0.15) is 12.4 Å². The lowest BCUT2D eigenvalue weighted by atomic mass is 10.2. The fourth-order valence-electron chi connectivity index (χ4n) is 0.543. The molecule has 0 spiro atoms. The van der Waals surface area contributed by atoms with Gasteiger partial charge in [0, 0.05) is 0 Å². The zero-order valence-corrected chi connectivity index (χ0v) is 8.97. The molecule has 0 aromatic rings. The van der Waals surface area contributed by atoms with Crippen LogP contribution in [0.3, 0.4) is 0 Å². The van der Waals surface area contributed by atoms with Crippen molar-refractivity contribution in [1.82, 2.24) is 0 Å². The van der Waals surface area contributed by atoms with Gasteiger partial charge in [-0.15, -0.1) is 0 Å². The maximum atomic E-state index is 5.18. The molecule has 0 aromatic carbocycles. The highest BCUT2D eigenvalue weighted by molar-refractivity contribution is 5.24. The molecule has 0 aromatic heterocycles. The average Bonchev–Trinajstić information content (AvgIpc) is 2.17. The Morgan fingerprint density at radius 1 is 1.31 bits per heavy atom. The molecule has 0 aliphatic rings. The summed E-state index contributed by atoms with van der Waals surface area (Å²) in [7, 11) is 0. The number of rotatable bonds is 5. The van der Waals surface area contributed by atoms with Gasteiger partial charge in [0.05, 0.1) is 0 Å². The van der Waals surface area contributed by atoms with E-state index >= 15 is 0 Å². The van der Waals surface area contributed by atoms with Crippen molar-refractivity contribution in [3.8, 4) is 0 Å². The molecule has 0 aliphatic heterocycles. The summed E-state index contributed by atoms with van der Waals surface area (Å²) in [6, 6.07) is 0. The van der Waals surface area contributed by atoms with Crippen molar-refractivity contribution in [2.45, 2.75) is 20.8 Å². The van der Waals surface area contributed by atoms with E-state index in [1.54, 1.807) is 12.2 Å². The summed E-state index contributed by atoms with van der Waals surface area (Å²) < 4.78 is 5.18. The molecule has 0 amide bonds. The monoisotopic (exact) mass is 180 g/mol. The topological polar surface area (TPSA) is 9.23 Å². The molecule has 0 aliphatic carbocycles. The van der Waals surface area contributed by atoms with Crippen molar-refractivity contribution >= 4 is 0 Å². The molecule has 0 saturated heterocycles. The van der Waals surface area contributed by atoms with Crippen LogP contribution < -0.4 is 0 Å². The molecule has 74 valence electrons. The quantitative estimate of drug-likeness (QED) is 0.354. The van der Waals surface area contributed by atoms with Gasteiger partial charge in [-0.3, -0.25) is 0 Å². The van der Waals surface area contributed by atoms with Crippen LogP contribution in [0.5, 0.6) is 0 Å². The number of hydrogen-bond acceptors (Lipinski definition) is 1. The number of allylic oxidation sites excluding steroid dienone is 3. The van der Waals surface area contributed by atoms with Crippen LogP contribution in [0.15, 0.2) is 49.3 Å². The van der Waals surface area contributed by atoms with E-state index in [2.05, 4.69) is 19.7 Å². The van der Waals surface area contributed by atoms with Crippen LogP contribution in [0.1, 0.15) is 20.8 Å². The second-order valence-corrected chi connectivity index (χ2v) is 2.11. The molecule has 0 rings (SSSR count). The van der Waals surface area contributed by atoms with Crippen LogP contribution in [0.4, 0.5) is 0 Å². The minimum atomic E-state index is 0.501. The highest BCUT2D eigenvalue weighted by atomic mass is 16.5. The Morgan fingerprint density at radius 2 is 1.85 bits per heavy atom. The van der Waals surface area contributed by atoms with Gasteiger partial charge in [0.2, 0.25) is 0 Å². The second-order valence-electron chi connectivity index (χ2n) is 2.11. The molecular formula is C12H20O. The minimum absolute atomic E-state index is 0.501. The van der Waals surface area contributed by atoms with E-state index in [1.807, 2.05) is 26.8 Å². The van der Waals surface area contributed by atoms with Gasteiger partial charge in [0.15, 0.2) is 0 Å². The smallest absolute Gasteiger partial charge is 0.115 e.